The Morgan fingerprint density at radius 2 is 2.10 bits per heavy atom. The van der Waals surface area contributed by atoms with Crippen LogP contribution in [0.15, 0.2) is 18.2 Å². The van der Waals surface area contributed by atoms with Gasteiger partial charge in [0.25, 0.3) is 11.6 Å². The number of carbonyl (C=O) groups excluding carboxylic acids is 1. The van der Waals surface area contributed by atoms with Gasteiger partial charge in [0.1, 0.15) is 0 Å². The molecule has 108 valence electrons. The number of alkyl halides is 1. The number of nitro benzene ring substituents is 1. The molecule has 0 unspecified atom stereocenters. The topological polar surface area (TPSA) is 63.5 Å². The molecule has 0 aromatic heterocycles. The molecule has 20 heavy (non-hydrogen) atoms. The van der Waals surface area contributed by atoms with Crippen LogP contribution in [0.4, 0.5) is 5.69 Å². The Balaban J connectivity index is 2.12. The highest BCUT2D eigenvalue weighted by molar-refractivity contribution is 6.18. The Labute approximate surface area is 122 Å². The lowest BCUT2D eigenvalue weighted by Gasteiger charge is -2.31. The minimum Gasteiger partial charge on any atom is -0.339 e. The van der Waals surface area contributed by atoms with Gasteiger partial charge in [0, 0.05) is 36.7 Å². The van der Waals surface area contributed by atoms with Crippen molar-refractivity contribution < 1.29 is 9.72 Å². The predicted octanol–water partition coefficient (Wildman–Crippen LogP) is 2.99. The maximum Gasteiger partial charge on any atom is 0.269 e. The molecule has 0 aliphatic carbocycles. The minimum atomic E-state index is -0.451. The highest BCUT2D eigenvalue weighted by atomic mass is 35.5. The average molecular weight is 297 g/mol. The summed E-state index contributed by atoms with van der Waals surface area (Å²) in [5.41, 5.74) is 1.20. The molecule has 0 N–H and O–H groups in total. The van der Waals surface area contributed by atoms with Crippen molar-refractivity contribution in [2.75, 3.05) is 19.0 Å². The van der Waals surface area contributed by atoms with E-state index >= 15 is 0 Å². The fourth-order valence-electron chi connectivity index (χ4n) is 2.46. The van der Waals surface area contributed by atoms with Crippen LogP contribution in [0, 0.1) is 23.0 Å². The first-order chi connectivity index (χ1) is 9.52. The number of non-ortho nitro benzene ring substituents is 1. The van der Waals surface area contributed by atoms with E-state index in [0.29, 0.717) is 36.0 Å². The molecule has 0 saturated carbocycles. The molecule has 0 radical (unpaired) electrons. The SMILES string of the molecule is Cc1cc([N+](=O)[O-])ccc1C(=O)N1CCC(CCl)CC1. The van der Waals surface area contributed by atoms with Crippen LogP contribution in [0.1, 0.15) is 28.8 Å². The van der Waals surface area contributed by atoms with Gasteiger partial charge in [-0.25, -0.2) is 0 Å². The summed E-state index contributed by atoms with van der Waals surface area (Å²) in [4.78, 5) is 24.5. The lowest BCUT2D eigenvalue weighted by Crippen LogP contribution is -2.39. The van der Waals surface area contributed by atoms with Crippen molar-refractivity contribution in [3.05, 3.63) is 39.4 Å². The molecule has 0 bridgehead atoms. The maximum atomic E-state index is 12.4. The van der Waals surface area contributed by atoms with Gasteiger partial charge < -0.3 is 4.90 Å². The third-order valence-electron chi connectivity index (χ3n) is 3.77. The first-order valence-electron chi connectivity index (χ1n) is 6.63. The number of nitro groups is 1. The van der Waals surface area contributed by atoms with Crippen LogP contribution in [0.5, 0.6) is 0 Å². The Kier molecular flexibility index (Phi) is 4.60. The summed E-state index contributed by atoms with van der Waals surface area (Å²) < 4.78 is 0. The number of halogens is 1. The van der Waals surface area contributed by atoms with Gasteiger partial charge in [-0.15, -0.1) is 11.6 Å². The second-order valence-corrected chi connectivity index (χ2v) is 5.45. The maximum absolute atomic E-state index is 12.4. The summed E-state index contributed by atoms with van der Waals surface area (Å²) in [5, 5.41) is 10.7. The van der Waals surface area contributed by atoms with Crippen LogP contribution in [-0.4, -0.2) is 34.7 Å². The highest BCUT2D eigenvalue weighted by Crippen LogP contribution is 2.23. The Bertz CT molecular complexity index is 525. The summed E-state index contributed by atoms with van der Waals surface area (Å²) in [7, 11) is 0. The van der Waals surface area contributed by atoms with Crippen molar-refractivity contribution in [3.63, 3.8) is 0 Å². The average Bonchev–Trinajstić information content (AvgIpc) is 2.46. The number of amides is 1. The molecule has 5 nitrogen and oxygen atoms in total. The van der Waals surface area contributed by atoms with Gasteiger partial charge >= 0.3 is 0 Å². The number of hydrogen-bond donors (Lipinski definition) is 0. The molecule has 1 heterocycles. The molecular formula is C14H17ClN2O3. The molecule has 1 aliphatic heterocycles. The molecular weight excluding hydrogens is 280 g/mol. The molecule has 1 aromatic rings. The highest BCUT2D eigenvalue weighted by Gasteiger charge is 2.24. The molecule has 1 aliphatic rings. The summed E-state index contributed by atoms with van der Waals surface area (Å²) in [6.07, 6.45) is 1.84. The quantitative estimate of drug-likeness (QED) is 0.489. The van der Waals surface area contributed by atoms with Gasteiger partial charge in [0.2, 0.25) is 0 Å². The van der Waals surface area contributed by atoms with E-state index < -0.39 is 4.92 Å². The van der Waals surface area contributed by atoms with Gasteiger partial charge in [-0.2, -0.15) is 0 Å². The van der Waals surface area contributed by atoms with Crippen molar-refractivity contribution in [1.29, 1.82) is 0 Å². The number of hydrogen-bond acceptors (Lipinski definition) is 3. The van der Waals surface area contributed by atoms with Crippen LogP contribution in [0.2, 0.25) is 0 Å². The van der Waals surface area contributed by atoms with Gasteiger partial charge in [-0.3, -0.25) is 14.9 Å². The number of piperidine rings is 1. The lowest BCUT2D eigenvalue weighted by atomic mass is 9.97. The Morgan fingerprint density at radius 3 is 2.60 bits per heavy atom. The molecule has 1 saturated heterocycles. The van der Waals surface area contributed by atoms with E-state index in [1.807, 2.05) is 0 Å². The van der Waals surface area contributed by atoms with Crippen LogP contribution >= 0.6 is 11.6 Å². The Morgan fingerprint density at radius 1 is 1.45 bits per heavy atom. The lowest BCUT2D eigenvalue weighted by molar-refractivity contribution is -0.384. The summed E-state index contributed by atoms with van der Waals surface area (Å²) >= 11 is 5.83. The smallest absolute Gasteiger partial charge is 0.269 e. The summed E-state index contributed by atoms with van der Waals surface area (Å²) in [5.74, 6) is 1.07. The summed E-state index contributed by atoms with van der Waals surface area (Å²) in [6.45, 7) is 3.13. The van der Waals surface area contributed by atoms with E-state index in [1.54, 1.807) is 17.9 Å². The zero-order chi connectivity index (χ0) is 14.7. The van der Waals surface area contributed by atoms with Crippen molar-refractivity contribution >= 4 is 23.2 Å². The normalized spacial score (nSPS) is 16.2. The minimum absolute atomic E-state index is 0.0138. The summed E-state index contributed by atoms with van der Waals surface area (Å²) in [6, 6.07) is 4.37. The first kappa shape index (κ1) is 14.8. The Hall–Kier alpha value is -1.62. The molecule has 1 amide bonds. The molecule has 2 rings (SSSR count). The van der Waals surface area contributed by atoms with E-state index in [1.165, 1.54) is 12.1 Å². The van der Waals surface area contributed by atoms with E-state index in [4.69, 9.17) is 11.6 Å². The standard InChI is InChI=1S/C14H17ClN2O3/c1-10-8-12(17(19)20)2-3-13(10)14(18)16-6-4-11(9-15)5-7-16/h2-3,8,11H,4-7,9H2,1H3. The monoisotopic (exact) mass is 296 g/mol. The number of carbonyl (C=O) groups is 1. The fourth-order valence-corrected chi connectivity index (χ4v) is 2.77. The third-order valence-corrected chi connectivity index (χ3v) is 4.21. The largest absolute Gasteiger partial charge is 0.339 e. The van der Waals surface area contributed by atoms with Crippen molar-refractivity contribution in [2.24, 2.45) is 5.92 Å². The van der Waals surface area contributed by atoms with Gasteiger partial charge in [-0.05, 0) is 37.3 Å². The van der Waals surface area contributed by atoms with Crippen molar-refractivity contribution in [1.82, 2.24) is 4.90 Å². The zero-order valence-electron chi connectivity index (χ0n) is 11.3. The number of likely N-dealkylation sites (tertiary alicyclic amines) is 1. The number of benzene rings is 1. The van der Waals surface area contributed by atoms with E-state index in [2.05, 4.69) is 0 Å². The molecule has 6 heteroatoms. The predicted molar refractivity (Wildman–Crippen MR) is 77.2 cm³/mol. The number of rotatable bonds is 3. The first-order valence-corrected chi connectivity index (χ1v) is 7.16. The van der Waals surface area contributed by atoms with Gasteiger partial charge in [0.05, 0.1) is 4.92 Å². The zero-order valence-corrected chi connectivity index (χ0v) is 12.1. The number of aryl methyl sites for hydroxylation is 1. The van der Waals surface area contributed by atoms with Gasteiger partial charge in [0.15, 0.2) is 0 Å². The van der Waals surface area contributed by atoms with E-state index in [0.717, 1.165) is 12.8 Å². The van der Waals surface area contributed by atoms with Crippen molar-refractivity contribution in [3.8, 4) is 0 Å². The van der Waals surface area contributed by atoms with Crippen LogP contribution in [0.3, 0.4) is 0 Å². The fraction of sp³-hybridized carbons (Fsp3) is 0.500. The third kappa shape index (κ3) is 3.10. The van der Waals surface area contributed by atoms with E-state index in [-0.39, 0.29) is 11.6 Å². The second kappa shape index (κ2) is 6.22. The number of nitrogens with zero attached hydrogens (tertiary/aromatic N) is 2. The van der Waals surface area contributed by atoms with Crippen LogP contribution < -0.4 is 0 Å². The second-order valence-electron chi connectivity index (χ2n) is 5.15. The van der Waals surface area contributed by atoms with Crippen LogP contribution in [-0.2, 0) is 0 Å². The molecule has 0 atom stereocenters. The van der Waals surface area contributed by atoms with Crippen molar-refractivity contribution in [2.45, 2.75) is 19.8 Å². The molecule has 1 fully saturated rings. The molecule has 1 aromatic carbocycles. The van der Waals surface area contributed by atoms with Crippen LogP contribution in [0.25, 0.3) is 0 Å². The molecule has 0 spiro atoms. The van der Waals surface area contributed by atoms with Gasteiger partial charge in [-0.1, -0.05) is 0 Å². The van der Waals surface area contributed by atoms with E-state index in [9.17, 15) is 14.9 Å².